The zero-order valence-electron chi connectivity index (χ0n) is 7.20. The summed E-state index contributed by atoms with van der Waals surface area (Å²) in [5.41, 5.74) is 7.52. The Kier molecular flexibility index (Phi) is 3.19. The molecule has 0 bridgehead atoms. The zero-order chi connectivity index (χ0) is 8.97. The molecule has 0 saturated heterocycles. The Hall–Kier alpha value is -0.930. The monoisotopic (exact) mass is 166 g/mol. The van der Waals surface area contributed by atoms with Crippen LogP contribution in [0.5, 0.6) is 0 Å². The fourth-order valence-electron chi connectivity index (χ4n) is 1.05. The van der Waals surface area contributed by atoms with E-state index in [1.165, 1.54) is 0 Å². The minimum atomic E-state index is -0.451. The third-order valence-corrected chi connectivity index (χ3v) is 1.88. The van der Waals surface area contributed by atoms with Crippen molar-refractivity contribution in [2.75, 3.05) is 6.54 Å². The Bertz CT molecular complexity index is 250. The highest BCUT2D eigenvalue weighted by Gasteiger charge is 2.04. The first-order valence-corrected chi connectivity index (χ1v) is 4.01. The highest BCUT2D eigenvalue weighted by atomic mass is 16.3. The van der Waals surface area contributed by atoms with E-state index in [1.807, 2.05) is 13.0 Å². The van der Waals surface area contributed by atoms with Gasteiger partial charge in [-0.25, -0.2) is 0 Å². The maximum absolute atomic E-state index is 9.28. The molecule has 3 N–H and O–H groups in total. The van der Waals surface area contributed by atoms with Gasteiger partial charge in [-0.2, -0.15) is 0 Å². The fraction of sp³-hybridized carbons (Fsp3) is 0.444. The van der Waals surface area contributed by atoms with Gasteiger partial charge in [0.05, 0.1) is 6.10 Å². The molecule has 3 nitrogen and oxygen atoms in total. The number of aryl methyl sites for hydroxylation is 1. The summed E-state index contributed by atoms with van der Waals surface area (Å²) >= 11 is 0. The van der Waals surface area contributed by atoms with Crippen molar-refractivity contribution in [2.24, 2.45) is 5.73 Å². The van der Waals surface area contributed by atoms with E-state index in [1.54, 1.807) is 12.4 Å². The molecule has 0 spiro atoms. The van der Waals surface area contributed by atoms with Gasteiger partial charge in [-0.1, -0.05) is 0 Å². The van der Waals surface area contributed by atoms with E-state index in [0.29, 0.717) is 13.0 Å². The quantitative estimate of drug-likeness (QED) is 0.676. The largest absolute Gasteiger partial charge is 0.391 e. The van der Waals surface area contributed by atoms with Gasteiger partial charge >= 0.3 is 0 Å². The van der Waals surface area contributed by atoms with Crippen LogP contribution in [0.1, 0.15) is 11.1 Å². The van der Waals surface area contributed by atoms with Gasteiger partial charge in [-0.05, 0) is 24.1 Å². The van der Waals surface area contributed by atoms with Gasteiger partial charge in [0.1, 0.15) is 0 Å². The second-order valence-corrected chi connectivity index (χ2v) is 2.90. The number of nitrogens with two attached hydrogens (primary N) is 1. The van der Waals surface area contributed by atoms with Gasteiger partial charge in [0.15, 0.2) is 0 Å². The molecule has 0 radical (unpaired) electrons. The van der Waals surface area contributed by atoms with Crippen LogP contribution in [0.4, 0.5) is 0 Å². The predicted octanol–water partition coefficient (Wildman–Crippen LogP) is 0.252. The summed E-state index contributed by atoms with van der Waals surface area (Å²) in [6.07, 6.45) is 3.66. The van der Waals surface area contributed by atoms with Gasteiger partial charge in [0.2, 0.25) is 0 Å². The average Bonchev–Trinajstić information content (AvgIpc) is 2.09. The van der Waals surface area contributed by atoms with Crippen LogP contribution in [0.15, 0.2) is 18.5 Å². The standard InChI is InChI=1S/C9H14N2O/c1-7-2-3-11-6-8(7)4-9(12)5-10/h2-3,6,9,12H,4-5,10H2,1H3. The molecule has 0 aliphatic carbocycles. The smallest absolute Gasteiger partial charge is 0.0703 e. The highest BCUT2D eigenvalue weighted by Crippen LogP contribution is 2.07. The number of hydrogen-bond donors (Lipinski definition) is 2. The molecule has 0 fully saturated rings. The van der Waals surface area contributed by atoms with Gasteiger partial charge < -0.3 is 10.8 Å². The van der Waals surface area contributed by atoms with Gasteiger partial charge in [0, 0.05) is 25.4 Å². The molecule has 0 aliphatic heterocycles. The maximum Gasteiger partial charge on any atom is 0.0703 e. The van der Waals surface area contributed by atoms with Crippen molar-refractivity contribution in [3.63, 3.8) is 0 Å². The normalized spacial score (nSPS) is 12.9. The van der Waals surface area contributed by atoms with Crippen LogP contribution in [-0.2, 0) is 6.42 Å². The summed E-state index contributed by atoms with van der Waals surface area (Å²) in [7, 11) is 0. The predicted molar refractivity (Wildman–Crippen MR) is 47.7 cm³/mol. The number of aliphatic hydroxyl groups excluding tert-OH is 1. The molecule has 0 aromatic carbocycles. The lowest BCUT2D eigenvalue weighted by Crippen LogP contribution is -2.22. The maximum atomic E-state index is 9.28. The van der Waals surface area contributed by atoms with Crippen LogP contribution in [0.2, 0.25) is 0 Å². The molecular weight excluding hydrogens is 152 g/mol. The van der Waals surface area contributed by atoms with E-state index in [0.717, 1.165) is 11.1 Å². The topological polar surface area (TPSA) is 59.1 Å². The Morgan fingerprint density at radius 1 is 1.67 bits per heavy atom. The van der Waals surface area contributed by atoms with Crippen molar-refractivity contribution in [1.29, 1.82) is 0 Å². The van der Waals surface area contributed by atoms with E-state index in [4.69, 9.17) is 5.73 Å². The summed E-state index contributed by atoms with van der Waals surface area (Å²) in [4.78, 5) is 3.98. The van der Waals surface area contributed by atoms with Crippen molar-refractivity contribution in [2.45, 2.75) is 19.4 Å². The van der Waals surface area contributed by atoms with Gasteiger partial charge in [-0.15, -0.1) is 0 Å². The summed E-state index contributed by atoms with van der Waals surface area (Å²) in [5.74, 6) is 0. The van der Waals surface area contributed by atoms with Crippen LogP contribution >= 0.6 is 0 Å². The molecule has 12 heavy (non-hydrogen) atoms. The highest BCUT2D eigenvalue weighted by molar-refractivity contribution is 5.21. The van der Waals surface area contributed by atoms with Crippen LogP contribution < -0.4 is 5.73 Å². The second-order valence-electron chi connectivity index (χ2n) is 2.90. The third kappa shape index (κ3) is 2.29. The Balaban J connectivity index is 2.69. The summed E-state index contributed by atoms with van der Waals surface area (Å²) in [6, 6.07) is 1.93. The van der Waals surface area contributed by atoms with Crippen molar-refractivity contribution in [3.8, 4) is 0 Å². The van der Waals surface area contributed by atoms with Crippen molar-refractivity contribution in [1.82, 2.24) is 4.98 Å². The summed E-state index contributed by atoms with van der Waals surface area (Å²) in [6.45, 7) is 2.30. The summed E-state index contributed by atoms with van der Waals surface area (Å²) in [5, 5.41) is 9.28. The van der Waals surface area contributed by atoms with Crippen molar-refractivity contribution >= 4 is 0 Å². The molecule has 1 rings (SSSR count). The van der Waals surface area contributed by atoms with Crippen molar-refractivity contribution in [3.05, 3.63) is 29.6 Å². The molecular formula is C9H14N2O. The van der Waals surface area contributed by atoms with E-state index in [9.17, 15) is 5.11 Å². The van der Waals surface area contributed by atoms with E-state index in [-0.39, 0.29) is 0 Å². The number of aliphatic hydroxyl groups is 1. The molecule has 1 atom stereocenters. The van der Waals surface area contributed by atoms with Gasteiger partial charge in [-0.3, -0.25) is 4.98 Å². The first-order valence-electron chi connectivity index (χ1n) is 4.01. The Morgan fingerprint density at radius 3 is 3.00 bits per heavy atom. The number of rotatable bonds is 3. The molecule has 1 aromatic rings. The molecule has 0 amide bonds. The van der Waals surface area contributed by atoms with E-state index in [2.05, 4.69) is 4.98 Å². The van der Waals surface area contributed by atoms with E-state index < -0.39 is 6.10 Å². The van der Waals surface area contributed by atoms with Crippen LogP contribution in [0, 0.1) is 6.92 Å². The summed E-state index contributed by atoms with van der Waals surface area (Å²) < 4.78 is 0. The minimum Gasteiger partial charge on any atom is -0.391 e. The Morgan fingerprint density at radius 2 is 2.42 bits per heavy atom. The molecule has 1 unspecified atom stereocenters. The first kappa shape index (κ1) is 9.16. The molecule has 66 valence electrons. The molecule has 1 heterocycles. The lowest BCUT2D eigenvalue weighted by molar-refractivity contribution is 0.183. The van der Waals surface area contributed by atoms with Crippen LogP contribution in [0.3, 0.4) is 0 Å². The van der Waals surface area contributed by atoms with Gasteiger partial charge in [0.25, 0.3) is 0 Å². The number of pyridine rings is 1. The molecule has 1 aromatic heterocycles. The second kappa shape index (κ2) is 4.18. The fourth-order valence-corrected chi connectivity index (χ4v) is 1.05. The van der Waals surface area contributed by atoms with Crippen molar-refractivity contribution < 1.29 is 5.11 Å². The molecule has 3 heteroatoms. The lowest BCUT2D eigenvalue weighted by Gasteiger charge is -2.08. The lowest BCUT2D eigenvalue weighted by atomic mass is 10.1. The molecule has 0 saturated carbocycles. The van der Waals surface area contributed by atoms with Crippen LogP contribution in [-0.4, -0.2) is 22.7 Å². The number of aromatic nitrogens is 1. The number of hydrogen-bond acceptors (Lipinski definition) is 3. The van der Waals surface area contributed by atoms with E-state index >= 15 is 0 Å². The van der Waals surface area contributed by atoms with Crippen LogP contribution in [0.25, 0.3) is 0 Å². The Labute approximate surface area is 72.2 Å². The zero-order valence-corrected chi connectivity index (χ0v) is 7.20. The average molecular weight is 166 g/mol. The molecule has 0 aliphatic rings. The third-order valence-electron chi connectivity index (χ3n) is 1.88. The SMILES string of the molecule is Cc1ccncc1CC(O)CN. The minimum absolute atomic E-state index is 0.300. The first-order chi connectivity index (χ1) is 5.74. The number of nitrogens with zero attached hydrogens (tertiary/aromatic N) is 1.